The fourth-order valence-electron chi connectivity index (χ4n) is 2.33. The van der Waals surface area contributed by atoms with E-state index in [-0.39, 0.29) is 23.5 Å². The molecule has 2 fully saturated rings. The Kier molecular flexibility index (Phi) is 3.42. The number of nitrogens with one attached hydrogen (secondary N) is 1. The maximum atomic E-state index is 11.9. The molecule has 0 bridgehead atoms. The molecule has 0 spiro atoms. The highest BCUT2D eigenvalue weighted by Gasteiger charge is 2.35. The Morgan fingerprint density at radius 1 is 1.12 bits per heavy atom. The van der Waals surface area contributed by atoms with Crippen LogP contribution in [0.15, 0.2) is 12.7 Å². The van der Waals surface area contributed by atoms with Crippen LogP contribution in [0.1, 0.15) is 38.5 Å². The van der Waals surface area contributed by atoms with Crippen molar-refractivity contribution in [3.63, 3.8) is 0 Å². The largest absolute Gasteiger partial charge is 0.343 e. The van der Waals surface area contributed by atoms with Crippen LogP contribution in [0, 0.1) is 11.8 Å². The van der Waals surface area contributed by atoms with Crippen LogP contribution in [0.25, 0.3) is 0 Å². The van der Waals surface area contributed by atoms with E-state index in [1.54, 1.807) is 6.08 Å². The van der Waals surface area contributed by atoms with Gasteiger partial charge in [-0.05, 0) is 25.7 Å². The molecule has 2 aliphatic rings. The van der Waals surface area contributed by atoms with Crippen LogP contribution in [0.3, 0.4) is 0 Å². The van der Waals surface area contributed by atoms with Crippen molar-refractivity contribution in [3.8, 4) is 0 Å². The normalized spacial score (nSPS) is 22.8. The Labute approximate surface area is 96.3 Å². The monoisotopic (exact) mass is 221 g/mol. The molecule has 3 heteroatoms. The van der Waals surface area contributed by atoms with Gasteiger partial charge >= 0.3 is 0 Å². The highest BCUT2D eigenvalue weighted by molar-refractivity contribution is 5.93. The Hall–Kier alpha value is -1.12. The highest BCUT2D eigenvalue weighted by Crippen LogP contribution is 2.31. The maximum absolute atomic E-state index is 11.9. The first-order chi connectivity index (χ1) is 7.72. The molecule has 1 atom stereocenters. The fourth-order valence-corrected chi connectivity index (χ4v) is 2.33. The summed E-state index contributed by atoms with van der Waals surface area (Å²) in [5.41, 5.74) is 0. The third-order valence-corrected chi connectivity index (χ3v) is 3.55. The molecule has 0 aromatic heterocycles. The molecule has 0 aromatic carbocycles. The summed E-state index contributed by atoms with van der Waals surface area (Å²) in [5.74, 6) is 0.471. The quantitative estimate of drug-likeness (QED) is 0.720. The first-order valence-corrected chi connectivity index (χ1v) is 6.19. The average molecular weight is 221 g/mol. The average Bonchev–Trinajstić information content (AvgIpc) is 3.00. The van der Waals surface area contributed by atoms with Crippen LogP contribution < -0.4 is 5.32 Å². The number of Topliss-reactive ketones (excluding diaryl/α,β-unsaturated/α-hetero) is 1. The zero-order valence-corrected chi connectivity index (χ0v) is 9.58. The van der Waals surface area contributed by atoms with Crippen LogP contribution in [0.4, 0.5) is 0 Å². The second kappa shape index (κ2) is 4.81. The maximum Gasteiger partial charge on any atom is 0.223 e. The van der Waals surface area contributed by atoms with Gasteiger partial charge in [-0.1, -0.05) is 18.9 Å². The molecule has 2 rings (SSSR count). The number of carbonyl (C=O) groups is 2. The minimum atomic E-state index is -0.458. The van der Waals surface area contributed by atoms with E-state index in [0.717, 1.165) is 38.5 Å². The molecular formula is C13H19NO2. The molecule has 88 valence electrons. The first kappa shape index (κ1) is 11.4. The predicted octanol–water partition coefficient (Wildman–Crippen LogP) is 1.83. The van der Waals surface area contributed by atoms with Gasteiger partial charge in [0.15, 0.2) is 5.78 Å². The number of hydrogen-bond donors (Lipinski definition) is 1. The highest BCUT2D eigenvalue weighted by atomic mass is 16.2. The molecule has 1 N–H and O–H groups in total. The van der Waals surface area contributed by atoms with Crippen molar-refractivity contribution >= 4 is 11.7 Å². The van der Waals surface area contributed by atoms with E-state index in [9.17, 15) is 9.59 Å². The topological polar surface area (TPSA) is 46.2 Å². The van der Waals surface area contributed by atoms with Gasteiger partial charge in [-0.3, -0.25) is 9.59 Å². The van der Waals surface area contributed by atoms with Crippen molar-refractivity contribution in [3.05, 3.63) is 12.7 Å². The summed E-state index contributed by atoms with van der Waals surface area (Å²) in [6.45, 7) is 3.64. The lowest BCUT2D eigenvalue weighted by molar-refractivity contribution is -0.129. The van der Waals surface area contributed by atoms with Crippen molar-refractivity contribution in [2.75, 3.05) is 0 Å². The minimum absolute atomic E-state index is 0.0383. The number of carbonyl (C=O) groups excluding carboxylic acids is 2. The van der Waals surface area contributed by atoms with Gasteiger partial charge in [-0.15, -0.1) is 6.58 Å². The molecule has 2 saturated carbocycles. The number of ketones is 1. The van der Waals surface area contributed by atoms with Gasteiger partial charge < -0.3 is 5.32 Å². The Morgan fingerprint density at radius 3 is 2.25 bits per heavy atom. The van der Waals surface area contributed by atoms with E-state index >= 15 is 0 Å². The second-order valence-corrected chi connectivity index (χ2v) is 4.88. The molecule has 0 saturated heterocycles. The summed E-state index contributed by atoms with van der Waals surface area (Å²) in [6.07, 6.45) is 7.71. The van der Waals surface area contributed by atoms with Gasteiger partial charge in [0.1, 0.15) is 6.04 Å². The van der Waals surface area contributed by atoms with E-state index < -0.39 is 6.04 Å². The van der Waals surface area contributed by atoms with Crippen LogP contribution >= 0.6 is 0 Å². The molecule has 2 aliphatic carbocycles. The van der Waals surface area contributed by atoms with Crippen molar-refractivity contribution in [1.29, 1.82) is 0 Å². The lowest BCUT2D eigenvalue weighted by atomic mass is 10.0. The Bertz CT molecular complexity index is 301. The summed E-state index contributed by atoms with van der Waals surface area (Å²) in [6, 6.07) is -0.458. The standard InChI is InChI=1S/C13H19NO2/c1-2-11(12(15)9-7-8-9)14-13(16)10-5-3-4-6-10/h2,9-11H,1,3-8H2,(H,14,16). The van der Waals surface area contributed by atoms with E-state index in [0.29, 0.717) is 0 Å². The van der Waals surface area contributed by atoms with Gasteiger partial charge in [-0.25, -0.2) is 0 Å². The number of hydrogen-bond acceptors (Lipinski definition) is 2. The molecule has 1 amide bonds. The zero-order chi connectivity index (χ0) is 11.5. The van der Waals surface area contributed by atoms with Crippen molar-refractivity contribution < 1.29 is 9.59 Å². The number of amides is 1. The smallest absolute Gasteiger partial charge is 0.223 e. The Morgan fingerprint density at radius 2 is 1.75 bits per heavy atom. The Balaban J connectivity index is 1.87. The molecule has 0 aromatic rings. The fraction of sp³-hybridized carbons (Fsp3) is 0.692. The van der Waals surface area contributed by atoms with E-state index in [1.807, 2.05) is 0 Å². The van der Waals surface area contributed by atoms with Crippen molar-refractivity contribution in [2.24, 2.45) is 11.8 Å². The van der Waals surface area contributed by atoms with Gasteiger partial charge in [0.2, 0.25) is 5.91 Å². The van der Waals surface area contributed by atoms with Crippen LogP contribution in [0.2, 0.25) is 0 Å². The predicted molar refractivity (Wildman–Crippen MR) is 61.8 cm³/mol. The first-order valence-electron chi connectivity index (χ1n) is 6.19. The lowest BCUT2D eigenvalue weighted by Crippen LogP contribution is -2.42. The third kappa shape index (κ3) is 2.52. The van der Waals surface area contributed by atoms with E-state index in [1.165, 1.54) is 0 Å². The minimum Gasteiger partial charge on any atom is -0.343 e. The van der Waals surface area contributed by atoms with Gasteiger partial charge in [0.05, 0.1) is 0 Å². The van der Waals surface area contributed by atoms with Gasteiger partial charge in [0, 0.05) is 11.8 Å². The summed E-state index contributed by atoms with van der Waals surface area (Å²) < 4.78 is 0. The summed E-state index contributed by atoms with van der Waals surface area (Å²) in [7, 11) is 0. The van der Waals surface area contributed by atoms with Gasteiger partial charge in [0.25, 0.3) is 0 Å². The van der Waals surface area contributed by atoms with Crippen LogP contribution in [-0.4, -0.2) is 17.7 Å². The molecule has 16 heavy (non-hydrogen) atoms. The van der Waals surface area contributed by atoms with Crippen molar-refractivity contribution in [2.45, 2.75) is 44.6 Å². The summed E-state index contributed by atoms with van der Waals surface area (Å²) >= 11 is 0. The lowest BCUT2D eigenvalue weighted by Gasteiger charge is -2.16. The molecule has 0 radical (unpaired) electrons. The molecule has 0 aliphatic heterocycles. The SMILES string of the molecule is C=CC(NC(=O)C1CCCC1)C(=O)C1CC1. The summed E-state index contributed by atoms with van der Waals surface area (Å²) in [4.78, 5) is 23.7. The van der Waals surface area contributed by atoms with Gasteiger partial charge in [-0.2, -0.15) is 0 Å². The van der Waals surface area contributed by atoms with E-state index in [2.05, 4.69) is 11.9 Å². The van der Waals surface area contributed by atoms with Crippen molar-refractivity contribution in [1.82, 2.24) is 5.32 Å². The van der Waals surface area contributed by atoms with Crippen LogP contribution in [-0.2, 0) is 9.59 Å². The molecule has 3 nitrogen and oxygen atoms in total. The summed E-state index contributed by atoms with van der Waals surface area (Å²) in [5, 5.41) is 2.82. The van der Waals surface area contributed by atoms with Crippen LogP contribution in [0.5, 0.6) is 0 Å². The zero-order valence-electron chi connectivity index (χ0n) is 9.58. The van der Waals surface area contributed by atoms with E-state index in [4.69, 9.17) is 0 Å². The second-order valence-electron chi connectivity index (χ2n) is 4.88. The third-order valence-electron chi connectivity index (χ3n) is 3.55. The molecule has 1 unspecified atom stereocenters. The number of rotatable bonds is 5. The molecule has 0 heterocycles. The molecular weight excluding hydrogens is 202 g/mol.